The first kappa shape index (κ1) is 23.3. The number of rotatable bonds is 6. The van der Waals surface area contributed by atoms with Crippen LogP contribution in [0.25, 0.3) is 22.4 Å². The van der Waals surface area contributed by atoms with E-state index in [-0.39, 0.29) is 22.4 Å². The predicted octanol–water partition coefficient (Wildman–Crippen LogP) is 5.70. The van der Waals surface area contributed by atoms with E-state index in [1.54, 1.807) is 64.0 Å². The van der Waals surface area contributed by atoms with E-state index < -0.39 is 5.82 Å². The fraction of sp³-hybridized carbons (Fsp3) is 0.0741. The fourth-order valence-electron chi connectivity index (χ4n) is 4.08. The Bertz CT molecular complexity index is 1630. The second-order valence-corrected chi connectivity index (χ2v) is 8.40. The van der Waals surface area contributed by atoms with E-state index in [0.29, 0.717) is 46.7 Å². The number of imidazole rings is 1. The lowest BCUT2D eigenvalue weighted by Crippen LogP contribution is -2.23. The number of hydrogen-bond acceptors (Lipinski definition) is 4. The molecule has 0 unspecified atom stereocenters. The van der Waals surface area contributed by atoms with Crippen LogP contribution in [-0.4, -0.2) is 20.0 Å². The molecule has 1 amide bonds. The third-order valence-electron chi connectivity index (χ3n) is 5.69. The highest BCUT2D eigenvalue weighted by Crippen LogP contribution is 2.30. The van der Waals surface area contributed by atoms with Crippen LogP contribution in [0.4, 0.5) is 10.1 Å². The first-order valence-corrected chi connectivity index (χ1v) is 11.5. The molecule has 4 aromatic rings. The Hall–Kier alpha value is -4.43. The molecule has 0 saturated heterocycles. The summed E-state index contributed by atoms with van der Waals surface area (Å²) in [7, 11) is 0. The summed E-state index contributed by atoms with van der Waals surface area (Å²) in [6.07, 6.45) is 9.10. The SMILES string of the molecule is C=CC(=O)Nc1cccc(-n2c(=O)n(C3=CC(Oc4cccc(Cl)c4F)=CCC3)c3cnccc32)c1. The highest BCUT2D eigenvalue weighted by molar-refractivity contribution is 6.30. The molecule has 36 heavy (non-hydrogen) atoms. The Kier molecular flexibility index (Phi) is 6.26. The van der Waals surface area contributed by atoms with Crippen molar-refractivity contribution in [2.45, 2.75) is 12.8 Å². The van der Waals surface area contributed by atoms with Crippen molar-refractivity contribution in [3.63, 3.8) is 0 Å². The van der Waals surface area contributed by atoms with Gasteiger partial charge in [-0.1, -0.05) is 30.3 Å². The van der Waals surface area contributed by atoms with E-state index in [1.165, 1.54) is 18.2 Å². The zero-order valence-corrected chi connectivity index (χ0v) is 19.7. The van der Waals surface area contributed by atoms with E-state index in [2.05, 4.69) is 16.9 Å². The van der Waals surface area contributed by atoms with Gasteiger partial charge in [0.25, 0.3) is 0 Å². The zero-order valence-electron chi connectivity index (χ0n) is 18.9. The lowest BCUT2D eigenvalue weighted by atomic mass is 10.1. The molecule has 0 aliphatic heterocycles. The maximum atomic E-state index is 14.4. The number of anilines is 1. The number of nitrogens with one attached hydrogen (secondary N) is 1. The molecule has 0 radical (unpaired) electrons. The van der Waals surface area contributed by atoms with Crippen molar-refractivity contribution in [2.24, 2.45) is 0 Å². The average molecular weight is 503 g/mol. The highest BCUT2D eigenvalue weighted by Gasteiger charge is 2.20. The molecule has 7 nitrogen and oxygen atoms in total. The molecule has 0 atom stereocenters. The van der Waals surface area contributed by atoms with Gasteiger partial charge in [-0.05, 0) is 61.4 Å². The Morgan fingerprint density at radius 2 is 2.00 bits per heavy atom. The van der Waals surface area contributed by atoms with E-state index in [4.69, 9.17) is 16.3 Å². The number of pyridine rings is 1. The van der Waals surface area contributed by atoms with Gasteiger partial charge in [0.05, 0.1) is 27.9 Å². The molecule has 9 heteroatoms. The standard InChI is InChI=1S/C27H20ClFN4O3/c1-2-25(34)31-17-6-3-7-18(14-17)32-22-12-13-30-16-23(22)33(27(32)35)19-8-4-9-20(15-19)36-24-11-5-10-21(28)26(24)29/h2-3,5-7,9-16H,1,4,8H2,(H,31,34). The zero-order chi connectivity index (χ0) is 25.2. The Balaban J connectivity index is 1.59. The number of allylic oxidation sites excluding steroid dienone is 3. The van der Waals surface area contributed by atoms with Crippen LogP contribution >= 0.6 is 11.6 Å². The minimum Gasteiger partial charge on any atom is -0.455 e. The molecule has 0 spiro atoms. The van der Waals surface area contributed by atoms with Gasteiger partial charge in [0.15, 0.2) is 11.6 Å². The Labute approximate surface area is 210 Å². The van der Waals surface area contributed by atoms with Crippen LogP contribution in [0.2, 0.25) is 5.02 Å². The summed E-state index contributed by atoms with van der Waals surface area (Å²) in [6, 6.07) is 13.2. The van der Waals surface area contributed by atoms with Crippen molar-refractivity contribution in [3.05, 3.63) is 113 Å². The summed E-state index contributed by atoms with van der Waals surface area (Å²) in [5.41, 5.74) is 2.70. The molecule has 1 aliphatic rings. The van der Waals surface area contributed by atoms with Crippen LogP contribution in [0.3, 0.4) is 0 Å². The van der Waals surface area contributed by atoms with Crippen molar-refractivity contribution >= 4 is 39.9 Å². The smallest absolute Gasteiger partial charge is 0.338 e. The quantitative estimate of drug-likeness (QED) is 0.343. The molecule has 5 rings (SSSR count). The number of nitrogens with zero attached hydrogens (tertiary/aromatic N) is 3. The van der Waals surface area contributed by atoms with Gasteiger partial charge in [0.1, 0.15) is 5.76 Å². The minimum atomic E-state index is -0.651. The Morgan fingerprint density at radius 3 is 2.83 bits per heavy atom. The van der Waals surface area contributed by atoms with Crippen LogP contribution in [0.1, 0.15) is 12.8 Å². The summed E-state index contributed by atoms with van der Waals surface area (Å²) in [4.78, 5) is 29.7. The second-order valence-electron chi connectivity index (χ2n) is 8.00. The molecule has 2 aromatic heterocycles. The first-order chi connectivity index (χ1) is 17.5. The molecule has 2 heterocycles. The molecule has 0 bridgehead atoms. The number of aromatic nitrogens is 3. The first-order valence-electron chi connectivity index (χ1n) is 11.1. The van der Waals surface area contributed by atoms with Gasteiger partial charge in [-0.3, -0.25) is 18.9 Å². The molecule has 180 valence electrons. The van der Waals surface area contributed by atoms with Gasteiger partial charge in [0.2, 0.25) is 5.91 Å². The van der Waals surface area contributed by atoms with Gasteiger partial charge < -0.3 is 10.1 Å². The number of halogens is 2. The maximum Gasteiger partial charge on any atom is 0.338 e. The minimum absolute atomic E-state index is 0.000998. The molecule has 2 aromatic carbocycles. The summed E-state index contributed by atoms with van der Waals surface area (Å²) >= 11 is 5.88. The van der Waals surface area contributed by atoms with Gasteiger partial charge in [-0.25, -0.2) is 9.18 Å². The number of carbonyl (C=O) groups is 1. The van der Waals surface area contributed by atoms with Gasteiger partial charge >= 0.3 is 5.69 Å². The van der Waals surface area contributed by atoms with E-state index in [9.17, 15) is 14.0 Å². The molecule has 0 fully saturated rings. The van der Waals surface area contributed by atoms with Crippen molar-refractivity contribution in [2.75, 3.05) is 5.32 Å². The second kappa shape index (κ2) is 9.67. The number of amides is 1. The van der Waals surface area contributed by atoms with Crippen molar-refractivity contribution in [3.8, 4) is 11.4 Å². The number of benzene rings is 2. The lowest BCUT2D eigenvalue weighted by molar-refractivity contribution is -0.111. The van der Waals surface area contributed by atoms with E-state index in [1.807, 2.05) is 6.08 Å². The third-order valence-corrected chi connectivity index (χ3v) is 5.98. The maximum absolute atomic E-state index is 14.4. The van der Waals surface area contributed by atoms with Crippen molar-refractivity contribution in [1.29, 1.82) is 0 Å². The van der Waals surface area contributed by atoms with Crippen LogP contribution in [0, 0.1) is 5.82 Å². The van der Waals surface area contributed by atoms with Crippen molar-refractivity contribution < 1.29 is 13.9 Å². The number of hydrogen-bond donors (Lipinski definition) is 1. The Morgan fingerprint density at radius 1 is 1.17 bits per heavy atom. The largest absolute Gasteiger partial charge is 0.455 e. The fourth-order valence-corrected chi connectivity index (χ4v) is 4.25. The van der Waals surface area contributed by atoms with Gasteiger partial charge in [0, 0.05) is 23.7 Å². The molecular weight excluding hydrogens is 483 g/mol. The molecule has 1 N–H and O–H groups in total. The summed E-state index contributed by atoms with van der Waals surface area (Å²) in [5.74, 6) is -0.597. The number of ether oxygens (including phenoxy) is 1. The van der Waals surface area contributed by atoms with Crippen LogP contribution in [0.5, 0.6) is 5.75 Å². The van der Waals surface area contributed by atoms with Gasteiger partial charge in [-0.15, -0.1) is 0 Å². The summed E-state index contributed by atoms with van der Waals surface area (Å²) < 4.78 is 23.3. The topological polar surface area (TPSA) is 78.2 Å². The van der Waals surface area contributed by atoms with E-state index in [0.717, 1.165) is 0 Å². The number of fused-ring (bicyclic) bond motifs is 1. The van der Waals surface area contributed by atoms with Gasteiger partial charge in [-0.2, -0.15) is 0 Å². The summed E-state index contributed by atoms with van der Waals surface area (Å²) in [6.45, 7) is 3.46. The van der Waals surface area contributed by atoms with Crippen molar-refractivity contribution in [1.82, 2.24) is 14.1 Å². The normalized spacial score (nSPS) is 13.2. The lowest BCUT2D eigenvalue weighted by Gasteiger charge is -2.16. The predicted molar refractivity (Wildman–Crippen MR) is 138 cm³/mol. The highest BCUT2D eigenvalue weighted by atomic mass is 35.5. The average Bonchev–Trinajstić information content (AvgIpc) is 3.18. The van der Waals surface area contributed by atoms with E-state index >= 15 is 0 Å². The van der Waals surface area contributed by atoms with Crippen LogP contribution in [-0.2, 0) is 4.79 Å². The number of carbonyl (C=O) groups excluding carboxylic acids is 1. The summed E-state index contributed by atoms with van der Waals surface area (Å²) in [5, 5.41) is 2.67. The molecular formula is C27H20ClFN4O3. The van der Waals surface area contributed by atoms with Crippen LogP contribution < -0.4 is 15.7 Å². The molecule has 1 aliphatic carbocycles. The van der Waals surface area contributed by atoms with Crippen LogP contribution in [0.15, 0.2) is 96.3 Å². The molecule has 0 saturated carbocycles. The third kappa shape index (κ3) is 4.34. The monoisotopic (exact) mass is 502 g/mol.